The quantitative estimate of drug-likeness (QED) is 0.834. The molecule has 0 aromatic heterocycles. The van der Waals surface area contributed by atoms with E-state index < -0.39 is 6.04 Å². The minimum absolute atomic E-state index is 0.117. The molecule has 4 rings (SSSR count). The van der Waals surface area contributed by atoms with E-state index in [0.29, 0.717) is 0 Å². The van der Waals surface area contributed by atoms with Crippen LogP contribution in [0, 0.1) is 5.92 Å². The van der Waals surface area contributed by atoms with Crippen LogP contribution < -0.4 is 5.32 Å². The summed E-state index contributed by atoms with van der Waals surface area (Å²) in [5.74, 6) is -0.682. The van der Waals surface area contributed by atoms with Gasteiger partial charge in [-0.05, 0) is 41.0 Å². The standard InChI is InChI=1S/C23H25NO3/c1-27-23(26)21(15-9-3-2-4-10-15)24-22(25)20-18-13-7-5-11-16(18)17-12-6-8-14-19(17)20/h5-8,11-15,20-21H,2-4,9-10H2,1H3,(H,24,25)/t21-/m0/s1. The first kappa shape index (κ1) is 17.8. The summed E-state index contributed by atoms with van der Waals surface area (Å²) in [5, 5.41) is 3.05. The predicted octanol–water partition coefficient (Wildman–Crippen LogP) is 4.04. The number of fused-ring (bicyclic) bond motifs is 3. The minimum atomic E-state index is -0.567. The van der Waals surface area contributed by atoms with Crippen molar-refractivity contribution in [3.63, 3.8) is 0 Å². The van der Waals surface area contributed by atoms with E-state index in [0.717, 1.165) is 47.9 Å². The number of amides is 1. The summed E-state index contributed by atoms with van der Waals surface area (Å²) in [4.78, 5) is 25.7. The van der Waals surface area contributed by atoms with Crippen LogP contribution in [-0.2, 0) is 14.3 Å². The fraction of sp³-hybridized carbons (Fsp3) is 0.391. The van der Waals surface area contributed by atoms with Crippen LogP contribution in [0.4, 0.5) is 0 Å². The molecule has 2 aliphatic rings. The summed E-state index contributed by atoms with van der Waals surface area (Å²) in [7, 11) is 1.39. The normalized spacial score (nSPS) is 17.7. The topological polar surface area (TPSA) is 55.4 Å². The molecule has 2 aromatic rings. The number of methoxy groups -OCH3 is 1. The molecule has 1 atom stereocenters. The molecule has 0 heterocycles. The Balaban J connectivity index is 1.64. The molecule has 4 nitrogen and oxygen atoms in total. The summed E-state index contributed by atoms with van der Waals surface area (Å²) in [6.07, 6.45) is 5.31. The molecule has 2 aliphatic carbocycles. The van der Waals surface area contributed by atoms with Crippen molar-refractivity contribution in [2.45, 2.75) is 44.1 Å². The van der Waals surface area contributed by atoms with Crippen molar-refractivity contribution in [3.8, 4) is 11.1 Å². The monoisotopic (exact) mass is 363 g/mol. The molecule has 27 heavy (non-hydrogen) atoms. The summed E-state index contributed by atoms with van der Waals surface area (Å²) in [5.41, 5.74) is 4.20. The molecule has 140 valence electrons. The highest BCUT2D eigenvalue weighted by atomic mass is 16.5. The lowest BCUT2D eigenvalue weighted by Crippen LogP contribution is -2.48. The van der Waals surface area contributed by atoms with Gasteiger partial charge in [0.05, 0.1) is 13.0 Å². The Kier molecular flexibility index (Phi) is 4.97. The molecule has 1 amide bonds. The van der Waals surface area contributed by atoms with Crippen molar-refractivity contribution in [1.82, 2.24) is 5.32 Å². The van der Waals surface area contributed by atoms with Gasteiger partial charge in [0.25, 0.3) is 0 Å². The molecule has 1 saturated carbocycles. The molecule has 0 aliphatic heterocycles. The maximum absolute atomic E-state index is 13.3. The lowest BCUT2D eigenvalue weighted by molar-refractivity contribution is -0.147. The lowest BCUT2D eigenvalue weighted by Gasteiger charge is -2.30. The first-order chi connectivity index (χ1) is 13.2. The Morgan fingerprint density at radius 3 is 2.04 bits per heavy atom. The number of carbonyl (C=O) groups is 2. The summed E-state index contributed by atoms with van der Waals surface area (Å²) < 4.78 is 5.01. The van der Waals surface area contributed by atoms with Crippen LogP contribution in [0.3, 0.4) is 0 Å². The van der Waals surface area contributed by atoms with Crippen molar-refractivity contribution in [2.75, 3.05) is 7.11 Å². The van der Waals surface area contributed by atoms with Gasteiger partial charge in [-0.15, -0.1) is 0 Å². The average Bonchev–Trinajstić information content (AvgIpc) is 3.06. The number of carbonyl (C=O) groups excluding carboxylic acids is 2. The van der Waals surface area contributed by atoms with Crippen LogP contribution in [-0.4, -0.2) is 25.0 Å². The van der Waals surface area contributed by atoms with Gasteiger partial charge in [-0.2, -0.15) is 0 Å². The zero-order valence-electron chi connectivity index (χ0n) is 15.6. The Labute approximate surface area is 159 Å². The van der Waals surface area contributed by atoms with Crippen molar-refractivity contribution < 1.29 is 14.3 Å². The second kappa shape index (κ2) is 7.55. The third-order valence-electron chi connectivity index (χ3n) is 5.97. The number of rotatable bonds is 4. The molecule has 1 N–H and O–H groups in total. The third-order valence-corrected chi connectivity index (χ3v) is 5.97. The van der Waals surface area contributed by atoms with Crippen LogP contribution in [0.25, 0.3) is 11.1 Å². The highest BCUT2D eigenvalue weighted by Crippen LogP contribution is 2.44. The first-order valence-electron chi connectivity index (χ1n) is 9.77. The predicted molar refractivity (Wildman–Crippen MR) is 104 cm³/mol. The summed E-state index contributed by atoms with van der Waals surface area (Å²) in [6, 6.07) is 15.5. The average molecular weight is 363 g/mol. The van der Waals surface area contributed by atoms with Gasteiger partial charge < -0.3 is 10.1 Å². The maximum Gasteiger partial charge on any atom is 0.328 e. The Morgan fingerprint density at radius 1 is 0.926 bits per heavy atom. The van der Waals surface area contributed by atoms with Crippen molar-refractivity contribution in [2.24, 2.45) is 5.92 Å². The van der Waals surface area contributed by atoms with E-state index in [1.807, 2.05) is 36.4 Å². The van der Waals surface area contributed by atoms with E-state index in [2.05, 4.69) is 17.4 Å². The molecule has 0 spiro atoms. The second-order valence-corrected chi connectivity index (χ2v) is 7.52. The smallest absolute Gasteiger partial charge is 0.328 e. The van der Waals surface area contributed by atoms with E-state index in [1.54, 1.807) is 0 Å². The summed E-state index contributed by atoms with van der Waals surface area (Å²) >= 11 is 0. The zero-order valence-corrected chi connectivity index (χ0v) is 15.6. The van der Waals surface area contributed by atoms with Crippen LogP contribution in [0.1, 0.15) is 49.1 Å². The Morgan fingerprint density at radius 2 is 1.48 bits per heavy atom. The molecule has 1 fully saturated rings. The highest BCUT2D eigenvalue weighted by Gasteiger charge is 2.38. The minimum Gasteiger partial charge on any atom is -0.467 e. The number of esters is 1. The molecular formula is C23H25NO3. The second-order valence-electron chi connectivity index (χ2n) is 7.52. The Bertz CT molecular complexity index is 809. The number of ether oxygens (including phenoxy) is 1. The number of hydrogen-bond acceptors (Lipinski definition) is 3. The van der Waals surface area contributed by atoms with E-state index in [1.165, 1.54) is 13.5 Å². The molecule has 2 aromatic carbocycles. The third kappa shape index (κ3) is 3.25. The van der Waals surface area contributed by atoms with E-state index in [9.17, 15) is 9.59 Å². The van der Waals surface area contributed by atoms with Gasteiger partial charge >= 0.3 is 5.97 Å². The number of hydrogen-bond donors (Lipinski definition) is 1. The fourth-order valence-corrected chi connectivity index (χ4v) is 4.64. The van der Waals surface area contributed by atoms with Gasteiger partial charge in [0.2, 0.25) is 5.91 Å². The maximum atomic E-state index is 13.3. The van der Waals surface area contributed by atoms with Gasteiger partial charge in [-0.1, -0.05) is 67.8 Å². The molecule has 0 saturated heterocycles. The fourth-order valence-electron chi connectivity index (χ4n) is 4.64. The van der Waals surface area contributed by atoms with Gasteiger partial charge in [0, 0.05) is 0 Å². The summed E-state index contributed by atoms with van der Waals surface area (Å²) in [6.45, 7) is 0. The first-order valence-corrected chi connectivity index (χ1v) is 9.77. The number of benzene rings is 2. The molecular weight excluding hydrogens is 338 g/mol. The zero-order chi connectivity index (χ0) is 18.8. The van der Waals surface area contributed by atoms with Crippen LogP contribution in [0.2, 0.25) is 0 Å². The SMILES string of the molecule is COC(=O)[C@@H](NC(=O)C1c2ccccc2-c2ccccc21)C1CCCCC1. The van der Waals surface area contributed by atoms with E-state index in [4.69, 9.17) is 4.74 Å². The van der Waals surface area contributed by atoms with E-state index in [-0.39, 0.29) is 23.7 Å². The van der Waals surface area contributed by atoms with Gasteiger partial charge in [0.15, 0.2) is 0 Å². The van der Waals surface area contributed by atoms with Crippen LogP contribution in [0.5, 0.6) is 0 Å². The molecule has 0 unspecified atom stereocenters. The van der Waals surface area contributed by atoms with E-state index >= 15 is 0 Å². The van der Waals surface area contributed by atoms with Gasteiger partial charge in [-0.25, -0.2) is 4.79 Å². The van der Waals surface area contributed by atoms with Crippen LogP contribution >= 0.6 is 0 Å². The van der Waals surface area contributed by atoms with Gasteiger partial charge in [-0.3, -0.25) is 4.79 Å². The van der Waals surface area contributed by atoms with Crippen molar-refractivity contribution in [1.29, 1.82) is 0 Å². The van der Waals surface area contributed by atoms with Crippen molar-refractivity contribution in [3.05, 3.63) is 59.7 Å². The molecule has 0 bridgehead atoms. The lowest BCUT2D eigenvalue weighted by atomic mass is 9.83. The Hall–Kier alpha value is -2.62. The molecule has 0 radical (unpaired) electrons. The van der Waals surface area contributed by atoms with Crippen LogP contribution in [0.15, 0.2) is 48.5 Å². The largest absolute Gasteiger partial charge is 0.467 e. The number of nitrogens with one attached hydrogen (secondary N) is 1. The highest BCUT2D eigenvalue weighted by molar-refractivity contribution is 5.97. The van der Waals surface area contributed by atoms with Gasteiger partial charge in [0.1, 0.15) is 6.04 Å². The molecule has 4 heteroatoms. The van der Waals surface area contributed by atoms with Crippen molar-refractivity contribution >= 4 is 11.9 Å².